The summed E-state index contributed by atoms with van der Waals surface area (Å²) in [4.78, 5) is 5.39. The Balaban J connectivity index is 1.50. The van der Waals surface area contributed by atoms with E-state index in [0.717, 1.165) is 28.1 Å². The monoisotopic (exact) mass is 610 g/mol. The number of thiophene rings is 1. The second-order valence-electron chi connectivity index (χ2n) is 12.9. The SMILES string of the molecule is CC(C)(C)c1cc(-c2ccccc2)c(-n2c(-c3csc4ccc(-c5ccccc5)cc34)nc3ccccc32)c(-c2ccccc2)c1. The maximum Gasteiger partial charge on any atom is 0.147 e. The second-order valence-corrected chi connectivity index (χ2v) is 13.8. The summed E-state index contributed by atoms with van der Waals surface area (Å²) in [5.74, 6) is 0.954. The average Bonchev–Trinajstić information content (AvgIpc) is 3.69. The Morgan fingerprint density at radius 1 is 0.543 bits per heavy atom. The first-order valence-electron chi connectivity index (χ1n) is 15.8. The normalized spacial score (nSPS) is 11.8. The lowest BCUT2D eigenvalue weighted by Crippen LogP contribution is -2.13. The highest BCUT2D eigenvalue weighted by Gasteiger charge is 2.26. The molecule has 0 unspecified atom stereocenters. The van der Waals surface area contributed by atoms with E-state index in [2.05, 4.69) is 176 Å². The molecule has 222 valence electrons. The maximum absolute atomic E-state index is 5.39. The highest BCUT2D eigenvalue weighted by molar-refractivity contribution is 7.17. The summed E-state index contributed by atoms with van der Waals surface area (Å²) in [6.07, 6.45) is 0. The van der Waals surface area contributed by atoms with Crippen LogP contribution >= 0.6 is 11.3 Å². The van der Waals surface area contributed by atoms with Crippen LogP contribution in [0, 0.1) is 0 Å². The van der Waals surface area contributed by atoms with Crippen molar-refractivity contribution in [3.05, 3.63) is 157 Å². The fraction of sp³-hybridized carbons (Fsp3) is 0.0930. The van der Waals surface area contributed by atoms with Crippen LogP contribution in [-0.2, 0) is 5.41 Å². The van der Waals surface area contributed by atoms with E-state index in [1.165, 1.54) is 49.0 Å². The van der Waals surface area contributed by atoms with Gasteiger partial charge in [0.1, 0.15) is 5.82 Å². The first kappa shape index (κ1) is 28.2. The molecule has 8 aromatic rings. The molecule has 0 atom stereocenters. The summed E-state index contributed by atoms with van der Waals surface area (Å²) in [5.41, 5.74) is 12.8. The van der Waals surface area contributed by atoms with Crippen molar-refractivity contribution in [2.75, 3.05) is 0 Å². The number of aromatic nitrogens is 2. The summed E-state index contributed by atoms with van der Waals surface area (Å²) < 4.78 is 3.67. The van der Waals surface area contributed by atoms with Crippen molar-refractivity contribution < 1.29 is 0 Å². The molecule has 46 heavy (non-hydrogen) atoms. The van der Waals surface area contributed by atoms with Gasteiger partial charge in [0.15, 0.2) is 0 Å². The van der Waals surface area contributed by atoms with Crippen LogP contribution in [0.1, 0.15) is 26.3 Å². The maximum atomic E-state index is 5.39. The minimum atomic E-state index is -0.0389. The molecule has 0 radical (unpaired) electrons. The molecular formula is C43H34N2S. The third-order valence-corrected chi connectivity index (χ3v) is 9.81. The molecule has 2 nitrogen and oxygen atoms in total. The van der Waals surface area contributed by atoms with Crippen LogP contribution in [0.4, 0.5) is 0 Å². The number of rotatable bonds is 5. The standard InChI is InChI=1S/C43H34N2S/c1-43(2,3)33-26-34(30-17-9-5-10-18-30)41(35(27-33)31-19-11-6-12-20-31)45-39-22-14-13-21-38(39)44-42(45)37-28-46-40-24-23-32(25-36(37)40)29-15-7-4-8-16-29/h4-28H,1-3H3. The molecular weight excluding hydrogens is 577 g/mol. The van der Waals surface area contributed by atoms with E-state index in [-0.39, 0.29) is 5.41 Å². The molecule has 0 aliphatic carbocycles. The van der Waals surface area contributed by atoms with Crippen molar-refractivity contribution >= 4 is 32.5 Å². The number of nitrogens with zero attached hydrogens (tertiary/aromatic N) is 2. The summed E-state index contributed by atoms with van der Waals surface area (Å²) in [6.45, 7) is 6.89. The molecule has 0 spiro atoms. The molecule has 0 amide bonds. The van der Waals surface area contributed by atoms with E-state index in [9.17, 15) is 0 Å². The van der Waals surface area contributed by atoms with Gasteiger partial charge in [-0.15, -0.1) is 11.3 Å². The van der Waals surface area contributed by atoms with Crippen molar-refractivity contribution in [1.82, 2.24) is 9.55 Å². The predicted molar refractivity (Wildman–Crippen MR) is 197 cm³/mol. The van der Waals surface area contributed by atoms with Gasteiger partial charge in [0.05, 0.1) is 16.7 Å². The van der Waals surface area contributed by atoms with Gasteiger partial charge >= 0.3 is 0 Å². The zero-order chi connectivity index (χ0) is 31.3. The minimum absolute atomic E-state index is 0.0389. The highest BCUT2D eigenvalue weighted by Crippen LogP contribution is 2.45. The van der Waals surface area contributed by atoms with Crippen LogP contribution in [0.3, 0.4) is 0 Å². The molecule has 2 aromatic heterocycles. The fourth-order valence-corrected chi connectivity index (χ4v) is 7.35. The van der Waals surface area contributed by atoms with E-state index < -0.39 is 0 Å². The first-order chi connectivity index (χ1) is 22.5. The number of hydrogen-bond donors (Lipinski definition) is 0. The molecule has 0 bridgehead atoms. The Morgan fingerprint density at radius 3 is 1.72 bits per heavy atom. The summed E-state index contributed by atoms with van der Waals surface area (Å²) in [5, 5.41) is 3.50. The van der Waals surface area contributed by atoms with Gasteiger partial charge in [-0.1, -0.05) is 130 Å². The van der Waals surface area contributed by atoms with Crippen molar-refractivity contribution in [2.45, 2.75) is 26.2 Å². The number of imidazole rings is 1. The lowest BCUT2D eigenvalue weighted by molar-refractivity contribution is 0.590. The largest absolute Gasteiger partial charge is 0.291 e. The first-order valence-corrected chi connectivity index (χ1v) is 16.7. The van der Waals surface area contributed by atoms with Gasteiger partial charge < -0.3 is 0 Å². The number of fused-ring (bicyclic) bond motifs is 2. The zero-order valence-corrected chi connectivity index (χ0v) is 27.1. The molecule has 0 aliphatic heterocycles. The second kappa shape index (κ2) is 11.3. The Hall–Kier alpha value is -5.25. The summed E-state index contributed by atoms with van der Waals surface area (Å²) in [6, 6.07) is 52.4. The third kappa shape index (κ3) is 4.94. The van der Waals surface area contributed by atoms with Crippen molar-refractivity contribution in [3.8, 4) is 50.5 Å². The number of benzene rings is 6. The Morgan fingerprint density at radius 2 is 1.11 bits per heavy atom. The van der Waals surface area contributed by atoms with Crippen LogP contribution in [0.15, 0.2) is 151 Å². The predicted octanol–water partition coefficient (Wildman–Crippen LogP) is 12.2. The van der Waals surface area contributed by atoms with E-state index in [4.69, 9.17) is 4.98 Å². The van der Waals surface area contributed by atoms with Crippen LogP contribution in [0.25, 0.3) is 71.6 Å². The van der Waals surface area contributed by atoms with Gasteiger partial charge in [0.2, 0.25) is 0 Å². The summed E-state index contributed by atoms with van der Waals surface area (Å²) in [7, 11) is 0. The van der Waals surface area contributed by atoms with Gasteiger partial charge in [0, 0.05) is 32.2 Å². The van der Waals surface area contributed by atoms with Crippen LogP contribution in [0.5, 0.6) is 0 Å². The Bertz CT molecular complexity index is 2260. The molecule has 0 fully saturated rings. The van der Waals surface area contributed by atoms with Crippen molar-refractivity contribution in [3.63, 3.8) is 0 Å². The van der Waals surface area contributed by atoms with Gasteiger partial charge in [-0.2, -0.15) is 0 Å². The molecule has 0 saturated heterocycles. The van der Waals surface area contributed by atoms with Crippen LogP contribution in [0.2, 0.25) is 0 Å². The zero-order valence-electron chi connectivity index (χ0n) is 26.2. The molecule has 2 heterocycles. The third-order valence-electron chi connectivity index (χ3n) is 8.85. The lowest BCUT2D eigenvalue weighted by Gasteiger charge is -2.26. The quantitative estimate of drug-likeness (QED) is 0.190. The van der Waals surface area contributed by atoms with Crippen LogP contribution in [-0.4, -0.2) is 9.55 Å². The van der Waals surface area contributed by atoms with E-state index in [1.54, 1.807) is 11.3 Å². The van der Waals surface area contributed by atoms with Gasteiger partial charge in [-0.05, 0) is 69.6 Å². The highest BCUT2D eigenvalue weighted by atomic mass is 32.1. The smallest absolute Gasteiger partial charge is 0.147 e. The van der Waals surface area contributed by atoms with Crippen molar-refractivity contribution in [2.24, 2.45) is 0 Å². The van der Waals surface area contributed by atoms with Gasteiger partial charge in [-0.25, -0.2) is 4.98 Å². The molecule has 0 N–H and O–H groups in total. The number of hydrogen-bond acceptors (Lipinski definition) is 2. The molecule has 3 heteroatoms. The lowest BCUT2D eigenvalue weighted by atomic mass is 9.82. The van der Waals surface area contributed by atoms with E-state index in [0.29, 0.717) is 0 Å². The van der Waals surface area contributed by atoms with E-state index in [1.807, 2.05) is 0 Å². The van der Waals surface area contributed by atoms with Crippen LogP contribution < -0.4 is 0 Å². The minimum Gasteiger partial charge on any atom is -0.291 e. The molecule has 8 rings (SSSR count). The van der Waals surface area contributed by atoms with E-state index >= 15 is 0 Å². The summed E-state index contributed by atoms with van der Waals surface area (Å²) >= 11 is 1.78. The molecule has 0 aliphatic rings. The van der Waals surface area contributed by atoms with Gasteiger partial charge in [0.25, 0.3) is 0 Å². The van der Waals surface area contributed by atoms with Gasteiger partial charge in [-0.3, -0.25) is 4.57 Å². The molecule has 0 saturated carbocycles. The topological polar surface area (TPSA) is 17.8 Å². The number of para-hydroxylation sites is 2. The molecule has 6 aromatic carbocycles. The Labute approximate surface area is 274 Å². The fourth-order valence-electron chi connectivity index (χ4n) is 6.43. The van der Waals surface area contributed by atoms with Crippen molar-refractivity contribution in [1.29, 1.82) is 0 Å². The average molecular weight is 611 g/mol. The Kier molecular flexibility index (Phi) is 6.92.